The summed E-state index contributed by atoms with van der Waals surface area (Å²) in [6.07, 6.45) is 1.14. The monoisotopic (exact) mass is 577 g/mol. The van der Waals surface area contributed by atoms with Gasteiger partial charge < -0.3 is 20.3 Å². The Labute approximate surface area is 253 Å². The highest BCUT2D eigenvalue weighted by atomic mass is 16.6. The van der Waals surface area contributed by atoms with Gasteiger partial charge in [0.25, 0.3) is 5.91 Å². The van der Waals surface area contributed by atoms with Crippen molar-refractivity contribution in [1.82, 2.24) is 10.2 Å². The van der Waals surface area contributed by atoms with E-state index in [2.05, 4.69) is 10.6 Å². The number of ether oxygens (including phenoxy) is 1. The van der Waals surface area contributed by atoms with Gasteiger partial charge in [0, 0.05) is 18.2 Å². The minimum absolute atomic E-state index is 0.127. The Morgan fingerprint density at radius 2 is 1.51 bits per heavy atom. The molecule has 1 saturated carbocycles. The largest absolute Gasteiger partial charge is 0.444 e. The minimum Gasteiger partial charge on any atom is -0.444 e. The SMILES string of the molecule is Cc1ccccc1C(C(=O)Nc1ccc2ccccc2c1)N(C(=O)C(Cc1ccccc1)NC(=O)OC(C)(C)C)C1CC1. The standard InChI is InChI=1S/C36H39N3O4/c1-24-12-8-11-17-30(24)32(33(40)37-28-19-18-26-15-9-10-16-27(26)23-28)39(29-20-21-29)34(41)31(22-25-13-6-5-7-14-25)38-35(42)43-36(2,3)4/h5-19,23,29,31-32H,20-22H2,1-4H3,(H,37,40)(H,38,42). The summed E-state index contributed by atoms with van der Waals surface area (Å²) in [4.78, 5) is 43.5. The molecule has 2 unspecified atom stereocenters. The smallest absolute Gasteiger partial charge is 0.408 e. The van der Waals surface area contributed by atoms with E-state index in [-0.39, 0.29) is 24.3 Å². The Kier molecular flexibility index (Phi) is 8.81. The summed E-state index contributed by atoms with van der Waals surface area (Å²) in [5.74, 6) is -0.625. The fourth-order valence-electron chi connectivity index (χ4n) is 5.34. The van der Waals surface area contributed by atoms with Gasteiger partial charge >= 0.3 is 6.09 Å². The first-order chi connectivity index (χ1) is 20.6. The molecular formula is C36H39N3O4. The van der Waals surface area contributed by atoms with E-state index < -0.39 is 23.8 Å². The normalized spacial score (nSPS) is 14.4. The van der Waals surface area contributed by atoms with Crippen LogP contribution in [0, 0.1) is 6.92 Å². The maximum Gasteiger partial charge on any atom is 0.408 e. The maximum atomic E-state index is 14.6. The molecule has 0 aromatic heterocycles. The Bertz CT molecular complexity index is 1610. The predicted molar refractivity (Wildman–Crippen MR) is 170 cm³/mol. The summed E-state index contributed by atoms with van der Waals surface area (Å²) in [5.41, 5.74) is 2.46. The van der Waals surface area contributed by atoms with Crippen LogP contribution in [0.15, 0.2) is 97.1 Å². The summed E-state index contributed by atoms with van der Waals surface area (Å²) >= 11 is 0. The number of alkyl carbamates (subject to hydrolysis) is 1. The van der Waals surface area contributed by atoms with E-state index in [1.54, 1.807) is 25.7 Å². The maximum absolute atomic E-state index is 14.6. The predicted octanol–water partition coefficient (Wildman–Crippen LogP) is 6.96. The number of rotatable bonds is 9. The third-order valence-corrected chi connectivity index (χ3v) is 7.49. The summed E-state index contributed by atoms with van der Waals surface area (Å²) in [6, 6.07) is 29.0. The molecule has 1 aliphatic rings. The van der Waals surface area contributed by atoms with E-state index >= 15 is 0 Å². The van der Waals surface area contributed by atoms with Crippen molar-refractivity contribution < 1.29 is 19.1 Å². The van der Waals surface area contributed by atoms with Crippen LogP contribution in [0.1, 0.15) is 56.3 Å². The number of benzene rings is 4. The van der Waals surface area contributed by atoms with Crippen LogP contribution in [0.2, 0.25) is 0 Å². The number of hydrogen-bond donors (Lipinski definition) is 2. The summed E-state index contributed by atoms with van der Waals surface area (Å²) in [6.45, 7) is 7.29. The van der Waals surface area contributed by atoms with Crippen molar-refractivity contribution in [3.63, 3.8) is 0 Å². The summed E-state index contributed by atoms with van der Waals surface area (Å²) in [7, 11) is 0. The summed E-state index contributed by atoms with van der Waals surface area (Å²) < 4.78 is 5.54. The highest BCUT2D eigenvalue weighted by Crippen LogP contribution is 2.37. The van der Waals surface area contributed by atoms with Gasteiger partial charge in [-0.1, -0.05) is 84.9 Å². The zero-order chi connectivity index (χ0) is 30.6. The van der Waals surface area contributed by atoms with Gasteiger partial charge in [-0.05, 0) is 80.1 Å². The molecule has 222 valence electrons. The molecule has 1 fully saturated rings. The number of hydrogen-bond acceptors (Lipinski definition) is 4. The molecule has 5 rings (SSSR count). The lowest BCUT2D eigenvalue weighted by atomic mass is 9.96. The van der Waals surface area contributed by atoms with Crippen molar-refractivity contribution in [2.45, 2.75) is 70.7 Å². The molecule has 2 N–H and O–H groups in total. The van der Waals surface area contributed by atoms with Gasteiger partial charge in [0.1, 0.15) is 17.7 Å². The average Bonchev–Trinajstić information content (AvgIpc) is 3.80. The van der Waals surface area contributed by atoms with Crippen molar-refractivity contribution >= 4 is 34.4 Å². The summed E-state index contributed by atoms with van der Waals surface area (Å²) in [5, 5.41) is 8.00. The van der Waals surface area contributed by atoms with Crippen LogP contribution in [0.5, 0.6) is 0 Å². The van der Waals surface area contributed by atoms with Crippen LogP contribution in [0.25, 0.3) is 10.8 Å². The van der Waals surface area contributed by atoms with E-state index in [4.69, 9.17) is 4.74 Å². The topological polar surface area (TPSA) is 87.7 Å². The molecule has 0 saturated heterocycles. The number of carbonyl (C=O) groups is 3. The lowest BCUT2D eigenvalue weighted by molar-refractivity contribution is -0.141. The highest BCUT2D eigenvalue weighted by molar-refractivity contribution is 6.00. The zero-order valence-electron chi connectivity index (χ0n) is 25.2. The fraction of sp³-hybridized carbons (Fsp3) is 0.306. The van der Waals surface area contributed by atoms with Crippen molar-refractivity contribution in [2.75, 3.05) is 5.32 Å². The van der Waals surface area contributed by atoms with Gasteiger partial charge in [-0.2, -0.15) is 0 Å². The molecule has 0 aliphatic heterocycles. The van der Waals surface area contributed by atoms with Crippen molar-refractivity contribution in [3.8, 4) is 0 Å². The molecule has 43 heavy (non-hydrogen) atoms. The van der Waals surface area contributed by atoms with Crippen molar-refractivity contribution in [1.29, 1.82) is 0 Å². The second-order valence-corrected chi connectivity index (χ2v) is 12.2. The zero-order valence-corrected chi connectivity index (χ0v) is 25.2. The highest BCUT2D eigenvalue weighted by Gasteiger charge is 2.44. The minimum atomic E-state index is -0.933. The number of anilines is 1. The number of nitrogens with zero attached hydrogens (tertiary/aromatic N) is 1. The second-order valence-electron chi connectivity index (χ2n) is 12.2. The van der Waals surface area contributed by atoms with Gasteiger partial charge in [-0.3, -0.25) is 9.59 Å². The number of fused-ring (bicyclic) bond motifs is 1. The molecule has 4 aromatic rings. The Hall–Kier alpha value is -4.65. The second kappa shape index (κ2) is 12.7. The van der Waals surface area contributed by atoms with Crippen molar-refractivity contribution in [3.05, 3.63) is 114 Å². The van der Waals surface area contributed by atoms with E-state index in [9.17, 15) is 14.4 Å². The Balaban J connectivity index is 1.51. The van der Waals surface area contributed by atoms with Crippen LogP contribution in [0.4, 0.5) is 10.5 Å². The van der Waals surface area contributed by atoms with Crippen LogP contribution in [-0.4, -0.2) is 40.5 Å². The molecule has 1 aliphatic carbocycles. The van der Waals surface area contributed by atoms with Crippen LogP contribution in [-0.2, 0) is 20.7 Å². The molecule has 0 heterocycles. The lowest BCUT2D eigenvalue weighted by Gasteiger charge is -2.35. The van der Waals surface area contributed by atoms with Gasteiger partial charge in [0.2, 0.25) is 5.91 Å². The number of aryl methyl sites for hydroxylation is 1. The van der Waals surface area contributed by atoms with Gasteiger partial charge in [-0.25, -0.2) is 4.79 Å². The molecule has 7 heteroatoms. The van der Waals surface area contributed by atoms with Gasteiger partial charge in [-0.15, -0.1) is 0 Å². The first-order valence-electron chi connectivity index (χ1n) is 14.8. The molecular weight excluding hydrogens is 538 g/mol. The van der Waals surface area contributed by atoms with Crippen molar-refractivity contribution in [2.24, 2.45) is 0 Å². The van der Waals surface area contributed by atoms with E-state index in [1.807, 2.05) is 104 Å². The number of amides is 3. The first kappa shape index (κ1) is 29.8. The van der Waals surface area contributed by atoms with Gasteiger partial charge in [0.15, 0.2) is 0 Å². The molecule has 3 amide bonds. The molecule has 2 atom stereocenters. The van der Waals surface area contributed by atoms with Crippen LogP contribution >= 0.6 is 0 Å². The molecule has 7 nitrogen and oxygen atoms in total. The lowest BCUT2D eigenvalue weighted by Crippen LogP contribution is -2.54. The van der Waals surface area contributed by atoms with E-state index in [0.717, 1.165) is 40.3 Å². The quantitative estimate of drug-likeness (QED) is 0.225. The first-order valence-corrected chi connectivity index (χ1v) is 14.8. The van der Waals surface area contributed by atoms with Crippen LogP contribution < -0.4 is 10.6 Å². The molecule has 0 bridgehead atoms. The molecule has 4 aromatic carbocycles. The molecule has 0 spiro atoms. The average molecular weight is 578 g/mol. The molecule has 0 radical (unpaired) electrons. The fourth-order valence-corrected chi connectivity index (χ4v) is 5.34. The van der Waals surface area contributed by atoms with Crippen LogP contribution in [0.3, 0.4) is 0 Å². The Morgan fingerprint density at radius 3 is 2.19 bits per heavy atom. The van der Waals surface area contributed by atoms with E-state index in [0.29, 0.717) is 5.69 Å². The van der Waals surface area contributed by atoms with Gasteiger partial charge in [0.05, 0.1) is 0 Å². The van der Waals surface area contributed by atoms with E-state index in [1.165, 1.54) is 0 Å². The third-order valence-electron chi connectivity index (χ3n) is 7.49. The Morgan fingerprint density at radius 1 is 0.860 bits per heavy atom. The third kappa shape index (κ3) is 7.60. The number of carbonyl (C=O) groups excluding carboxylic acids is 3. The number of nitrogens with one attached hydrogen (secondary N) is 2.